The average Bonchev–Trinajstić information content (AvgIpc) is 2.74. The molecule has 1 aromatic heterocycles. The maximum atomic E-state index is 11.9. The van der Waals surface area contributed by atoms with Crippen LogP contribution in [0.1, 0.15) is 47.0 Å². The molecule has 0 aromatic carbocycles. The average molecular weight is 295 g/mol. The third-order valence-corrected chi connectivity index (χ3v) is 4.43. The van der Waals surface area contributed by atoms with Gasteiger partial charge in [-0.25, -0.2) is 4.79 Å². The Morgan fingerprint density at radius 3 is 2.60 bits per heavy atom. The molecule has 5 nitrogen and oxygen atoms in total. The first kappa shape index (κ1) is 14.7. The van der Waals surface area contributed by atoms with Crippen molar-refractivity contribution < 1.29 is 19.1 Å². The molecule has 0 radical (unpaired) electrons. The Hall–Kier alpha value is -1.69. The number of hydrogen-bond acceptors (Lipinski definition) is 5. The van der Waals surface area contributed by atoms with Crippen LogP contribution in [0.25, 0.3) is 0 Å². The predicted octanol–water partition coefficient (Wildman–Crippen LogP) is 2.33. The largest absolute Gasteiger partial charge is 0.465 e. The van der Waals surface area contributed by atoms with E-state index in [0.29, 0.717) is 10.6 Å². The van der Waals surface area contributed by atoms with Gasteiger partial charge in [-0.2, -0.15) is 0 Å². The molecule has 1 amide bonds. The number of aryl methyl sites for hydroxylation is 1. The molecule has 0 saturated heterocycles. The fourth-order valence-electron chi connectivity index (χ4n) is 2.37. The van der Waals surface area contributed by atoms with Crippen molar-refractivity contribution in [3.05, 3.63) is 16.0 Å². The summed E-state index contributed by atoms with van der Waals surface area (Å²) in [7, 11) is 1.33. The summed E-state index contributed by atoms with van der Waals surface area (Å²) < 4.78 is 4.81. The van der Waals surface area contributed by atoms with Crippen molar-refractivity contribution in [1.29, 1.82) is 0 Å². The maximum Gasteiger partial charge on any atom is 0.341 e. The van der Waals surface area contributed by atoms with E-state index in [2.05, 4.69) is 5.32 Å². The monoisotopic (exact) mass is 295 g/mol. The van der Waals surface area contributed by atoms with Crippen LogP contribution < -0.4 is 5.32 Å². The van der Waals surface area contributed by atoms with Crippen LogP contribution >= 0.6 is 11.3 Å². The SMILES string of the molecule is COC(=O)c1c(NC(=O)CC(C)=O)sc2c1CCCC2. The summed E-state index contributed by atoms with van der Waals surface area (Å²) in [5, 5.41) is 3.18. The van der Waals surface area contributed by atoms with E-state index in [9.17, 15) is 14.4 Å². The molecule has 0 fully saturated rings. The van der Waals surface area contributed by atoms with Crippen molar-refractivity contribution in [3.8, 4) is 0 Å². The summed E-state index contributed by atoms with van der Waals surface area (Å²) in [4.78, 5) is 35.8. The minimum atomic E-state index is -0.428. The third kappa shape index (κ3) is 3.07. The Morgan fingerprint density at radius 2 is 1.95 bits per heavy atom. The third-order valence-electron chi connectivity index (χ3n) is 3.22. The fraction of sp³-hybridized carbons (Fsp3) is 0.500. The second kappa shape index (κ2) is 6.17. The van der Waals surface area contributed by atoms with Crippen LogP contribution in [0.4, 0.5) is 5.00 Å². The van der Waals surface area contributed by atoms with E-state index in [1.165, 1.54) is 25.4 Å². The molecule has 1 heterocycles. The number of Topliss-reactive ketones (excluding diaryl/α,β-unsaturated/α-hetero) is 1. The number of hydrogen-bond donors (Lipinski definition) is 1. The van der Waals surface area contributed by atoms with E-state index in [1.54, 1.807) is 0 Å². The Kier molecular flexibility index (Phi) is 4.54. The number of thiophene rings is 1. The molecule has 0 aliphatic heterocycles. The van der Waals surface area contributed by atoms with Gasteiger partial charge in [-0.05, 0) is 38.2 Å². The van der Waals surface area contributed by atoms with E-state index in [4.69, 9.17) is 4.74 Å². The number of esters is 1. The summed E-state index contributed by atoms with van der Waals surface area (Å²) in [6.07, 6.45) is 3.71. The molecular formula is C14H17NO4S. The number of rotatable bonds is 4. The molecule has 1 N–H and O–H groups in total. The molecular weight excluding hydrogens is 278 g/mol. The van der Waals surface area contributed by atoms with Gasteiger partial charge in [0.1, 0.15) is 10.8 Å². The fourth-order valence-corrected chi connectivity index (χ4v) is 3.66. The van der Waals surface area contributed by atoms with Gasteiger partial charge in [0.2, 0.25) is 5.91 Å². The molecule has 1 aliphatic carbocycles. The van der Waals surface area contributed by atoms with Crippen LogP contribution in [0.15, 0.2) is 0 Å². The molecule has 0 bridgehead atoms. The molecule has 20 heavy (non-hydrogen) atoms. The van der Waals surface area contributed by atoms with Gasteiger partial charge in [-0.3, -0.25) is 9.59 Å². The second-order valence-electron chi connectivity index (χ2n) is 4.83. The van der Waals surface area contributed by atoms with E-state index in [0.717, 1.165) is 36.1 Å². The van der Waals surface area contributed by atoms with Gasteiger partial charge in [0, 0.05) is 4.88 Å². The van der Waals surface area contributed by atoms with Gasteiger partial charge in [-0.15, -0.1) is 11.3 Å². The molecule has 0 atom stereocenters. The summed E-state index contributed by atoms with van der Waals surface area (Å²) in [6.45, 7) is 1.36. The number of methoxy groups -OCH3 is 1. The van der Waals surface area contributed by atoms with Gasteiger partial charge < -0.3 is 10.1 Å². The normalized spacial score (nSPS) is 13.5. The van der Waals surface area contributed by atoms with Crippen LogP contribution in [-0.2, 0) is 27.2 Å². The van der Waals surface area contributed by atoms with Crippen molar-refractivity contribution in [1.82, 2.24) is 0 Å². The van der Waals surface area contributed by atoms with Crippen LogP contribution in [0.3, 0.4) is 0 Å². The van der Waals surface area contributed by atoms with Crippen molar-refractivity contribution in [2.45, 2.75) is 39.0 Å². The first-order valence-electron chi connectivity index (χ1n) is 6.55. The van der Waals surface area contributed by atoms with E-state index in [1.807, 2.05) is 0 Å². The highest BCUT2D eigenvalue weighted by Gasteiger charge is 2.26. The van der Waals surface area contributed by atoms with Crippen molar-refractivity contribution in [2.24, 2.45) is 0 Å². The summed E-state index contributed by atoms with van der Waals surface area (Å²) in [6, 6.07) is 0. The Bertz CT molecular complexity index is 562. The number of anilines is 1. The highest BCUT2D eigenvalue weighted by atomic mass is 32.1. The highest BCUT2D eigenvalue weighted by molar-refractivity contribution is 7.17. The number of nitrogens with one attached hydrogen (secondary N) is 1. The molecule has 0 spiro atoms. The molecule has 0 saturated carbocycles. The van der Waals surface area contributed by atoms with Crippen LogP contribution in [0, 0.1) is 0 Å². The first-order chi connectivity index (χ1) is 9.52. The van der Waals surface area contributed by atoms with E-state index < -0.39 is 5.97 Å². The summed E-state index contributed by atoms with van der Waals surface area (Å²) >= 11 is 1.42. The zero-order chi connectivity index (χ0) is 14.7. The lowest BCUT2D eigenvalue weighted by molar-refractivity contribution is -0.124. The molecule has 1 aliphatic rings. The number of carbonyl (C=O) groups is 3. The van der Waals surface area contributed by atoms with Crippen molar-refractivity contribution >= 4 is 34.0 Å². The molecule has 1 aromatic rings. The lowest BCUT2D eigenvalue weighted by Gasteiger charge is -2.11. The van der Waals surface area contributed by atoms with Crippen molar-refractivity contribution in [2.75, 3.05) is 12.4 Å². The summed E-state index contributed by atoms with van der Waals surface area (Å²) in [5.74, 6) is -1.02. The number of ether oxygens (including phenoxy) is 1. The minimum absolute atomic E-state index is 0.177. The summed E-state index contributed by atoms with van der Waals surface area (Å²) in [5.41, 5.74) is 1.45. The minimum Gasteiger partial charge on any atom is -0.465 e. The van der Waals surface area contributed by atoms with Gasteiger partial charge in [0.05, 0.1) is 19.1 Å². The Morgan fingerprint density at radius 1 is 1.25 bits per heavy atom. The highest BCUT2D eigenvalue weighted by Crippen LogP contribution is 2.38. The molecule has 6 heteroatoms. The zero-order valence-electron chi connectivity index (χ0n) is 11.6. The maximum absolute atomic E-state index is 11.9. The lowest BCUT2D eigenvalue weighted by atomic mass is 9.95. The van der Waals surface area contributed by atoms with Gasteiger partial charge in [0.25, 0.3) is 0 Å². The Balaban J connectivity index is 2.31. The second-order valence-corrected chi connectivity index (χ2v) is 5.94. The van der Waals surface area contributed by atoms with Crippen LogP contribution in [-0.4, -0.2) is 24.8 Å². The van der Waals surface area contributed by atoms with Gasteiger partial charge in [-0.1, -0.05) is 0 Å². The lowest BCUT2D eigenvalue weighted by Crippen LogP contribution is -2.16. The quantitative estimate of drug-likeness (QED) is 0.683. The standard InChI is InChI=1S/C14H17NO4S/c1-8(16)7-11(17)15-13-12(14(18)19-2)9-5-3-4-6-10(9)20-13/h3-7H2,1-2H3,(H,15,17). The van der Waals surface area contributed by atoms with Gasteiger partial charge >= 0.3 is 5.97 Å². The smallest absolute Gasteiger partial charge is 0.341 e. The van der Waals surface area contributed by atoms with E-state index in [-0.39, 0.29) is 18.1 Å². The molecule has 2 rings (SSSR count). The zero-order valence-corrected chi connectivity index (χ0v) is 12.4. The number of ketones is 1. The topological polar surface area (TPSA) is 72.5 Å². The van der Waals surface area contributed by atoms with Crippen LogP contribution in [0.2, 0.25) is 0 Å². The predicted molar refractivity (Wildman–Crippen MR) is 76.2 cm³/mol. The molecule has 108 valence electrons. The molecule has 0 unspecified atom stereocenters. The van der Waals surface area contributed by atoms with Crippen LogP contribution in [0.5, 0.6) is 0 Å². The number of carbonyl (C=O) groups excluding carboxylic acids is 3. The Labute approximate surface area is 121 Å². The van der Waals surface area contributed by atoms with Crippen molar-refractivity contribution in [3.63, 3.8) is 0 Å². The first-order valence-corrected chi connectivity index (χ1v) is 7.36. The van der Waals surface area contributed by atoms with E-state index >= 15 is 0 Å². The number of amides is 1. The number of fused-ring (bicyclic) bond motifs is 1. The van der Waals surface area contributed by atoms with Gasteiger partial charge in [0.15, 0.2) is 0 Å².